The normalized spacial score (nSPS) is 11.1. The number of nitrogens with zero attached hydrogens (tertiary/aromatic N) is 1. The minimum Gasteiger partial charge on any atom is -0.342 e. The first-order chi connectivity index (χ1) is 9.27. The molecule has 110 valence electrons. The van der Waals surface area contributed by atoms with Gasteiger partial charge in [-0.25, -0.2) is 0 Å². The van der Waals surface area contributed by atoms with Gasteiger partial charge in [-0.1, -0.05) is 18.2 Å². The van der Waals surface area contributed by atoms with Gasteiger partial charge in [0.25, 0.3) is 0 Å². The Morgan fingerprint density at radius 2 is 1.85 bits per heavy atom. The Morgan fingerprint density at radius 3 is 2.40 bits per heavy atom. The van der Waals surface area contributed by atoms with Crippen LogP contribution in [0.3, 0.4) is 0 Å². The maximum Gasteiger partial charge on any atom is 0.244 e. The molecule has 2 amide bonds. The molecule has 20 heavy (non-hydrogen) atoms. The molecule has 5 heteroatoms. The lowest BCUT2D eigenvalue weighted by molar-refractivity contribution is -0.128. The summed E-state index contributed by atoms with van der Waals surface area (Å²) >= 11 is 0. The number of anilines is 1. The summed E-state index contributed by atoms with van der Waals surface area (Å²) in [5.74, 6) is -0.125. The molecular weight excluding hydrogens is 254 g/mol. The van der Waals surface area contributed by atoms with E-state index in [0.29, 0.717) is 6.54 Å². The van der Waals surface area contributed by atoms with Crippen LogP contribution in [0.2, 0.25) is 0 Å². The van der Waals surface area contributed by atoms with Gasteiger partial charge in [0.05, 0.1) is 5.54 Å². The highest BCUT2D eigenvalue weighted by Crippen LogP contribution is 2.18. The molecule has 0 fully saturated rings. The molecule has 0 spiro atoms. The molecule has 1 aromatic carbocycles. The number of likely N-dealkylation sites (N-methyl/N-ethyl adjacent to an activating group) is 1. The van der Waals surface area contributed by atoms with Gasteiger partial charge in [-0.3, -0.25) is 9.59 Å². The van der Waals surface area contributed by atoms with Crippen molar-refractivity contribution in [3.05, 3.63) is 29.8 Å². The van der Waals surface area contributed by atoms with Crippen LogP contribution < -0.4 is 10.6 Å². The zero-order valence-electron chi connectivity index (χ0n) is 12.8. The van der Waals surface area contributed by atoms with Crippen molar-refractivity contribution < 1.29 is 9.59 Å². The molecule has 0 saturated carbocycles. The van der Waals surface area contributed by atoms with Crippen LogP contribution in [0.1, 0.15) is 26.3 Å². The minimum absolute atomic E-state index is 0.0123. The van der Waals surface area contributed by atoms with Crippen LogP contribution in [-0.4, -0.2) is 36.3 Å². The molecule has 0 heterocycles. The first-order valence-electron chi connectivity index (χ1n) is 6.58. The number of hydrogen-bond acceptors (Lipinski definition) is 3. The predicted octanol–water partition coefficient (Wildman–Crippen LogP) is 1.60. The second-order valence-corrected chi connectivity index (χ2v) is 5.36. The van der Waals surface area contributed by atoms with Crippen molar-refractivity contribution in [3.8, 4) is 0 Å². The SMILES string of the molecule is CNC(C)(C)C(=O)Nc1ccccc1CN(C)C(C)=O. The monoisotopic (exact) mass is 277 g/mol. The van der Waals surface area contributed by atoms with Gasteiger partial charge >= 0.3 is 0 Å². The molecule has 5 nitrogen and oxygen atoms in total. The van der Waals surface area contributed by atoms with Crippen LogP contribution in [0, 0.1) is 0 Å². The third-order valence-electron chi connectivity index (χ3n) is 3.40. The minimum atomic E-state index is -0.653. The second-order valence-electron chi connectivity index (χ2n) is 5.36. The third-order valence-corrected chi connectivity index (χ3v) is 3.40. The quantitative estimate of drug-likeness (QED) is 0.859. The fraction of sp³-hybridized carbons (Fsp3) is 0.467. The number of carbonyl (C=O) groups excluding carboxylic acids is 2. The van der Waals surface area contributed by atoms with E-state index in [1.54, 1.807) is 19.0 Å². The standard InChI is InChI=1S/C15H23N3O2/c1-11(19)18(5)10-12-8-6-7-9-13(12)17-14(20)15(2,3)16-4/h6-9,16H,10H2,1-5H3,(H,17,20). The Kier molecular flexibility index (Phi) is 5.27. The summed E-state index contributed by atoms with van der Waals surface area (Å²) in [6.07, 6.45) is 0. The highest BCUT2D eigenvalue weighted by molar-refractivity contribution is 5.98. The largest absolute Gasteiger partial charge is 0.342 e. The summed E-state index contributed by atoms with van der Waals surface area (Å²) in [6, 6.07) is 7.50. The molecule has 0 saturated heterocycles. The number of amides is 2. The Bertz CT molecular complexity index is 498. The van der Waals surface area contributed by atoms with Crippen LogP contribution in [-0.2, 0) is 16.1 Å². The molecular formula is C15H23N3O2. The maximum atomic E-state index is 12.2. The van der Waals surface area contributed by atoms with Crippen molar-refractivity contribution in [1.82, 2.24) is 10.2 Å². The first-order valence-corrected chi connectivity index (χ1v) is 6.58. The van der Waals surface area contributed by atoms with Crippen LogP contribution in [0.25, 0.3) is 0 Å². The van der Waals surface area contributed by atoms with Crippen molar-refractivity contribution >= 4 is 17.5 Å². The molecule has 1 rings (SSSR count). The molecule has 0 unspecified atom stereocenters. The fourth-order valence-corrected chi connectivity index (χ4v) is 1.54. The van der Waals surface area contributed by atoms with E-state index < -0.39 is 5.54 Å². The number of hydrogen-bond donors (Lipinski definition) is 2. The van der Waals surface area contributed by atoms with Crippen molar-refractivity contribution in [2.24, 2.45) is 0 Å². The van der Waals surface area contributed by atoms with E-state index in [2.05, 4.69) is 10.6 Å². The predicted molar refractivity (Wildman–Crippen MR) is 80.4 cm³/mol. The molecule has 1 aromatic rings. The van der Waals surface area contributed by atoms with Gasteiger partial charge in [-0.2, -0.15) is 0 Å². The van der Waals surface area contributed by atoms with Gasteiger partial charge < -0.3 is 15.5 Å². The van der Waals surface area contributed by atoms with Crippen LogP contribution >= 0.6 is 0 Å². The average molecular weight is 277 g/mol. The molecule has 0 bridgehead atoms. The van der Waals surface area contributed by atoms with Gasteiger partial charge in [0.15, 0.2) is 0 Å². The zero-order valence-corrected chi connectivity index (χ0v) is 12.8. The second kappa shape index (κ2) is 6.52. The Hall–Kier alpha value is -1.88. The van der Waals surface area contributed by atoms with E-state index in [-0.39, 0.29) is 11.8 Å². The highest BCUT2D eigenvalue weighted by atomic mass is 16.2. The van der Waals surface area contributed by atoms with E-state index in [1.807, 2.05) is 38.1 Å². The van der Waals surface area contributed by atoms with Crippen LogP contribution in [0.4, 0.5) is 5.69 Å². The summed E-state index contributed by atoms with van der Waals surface area (Å²) in [7, 11) is 3.48. The lowest BCUT2D eigenvalue weighted by Crippen LogP contribution is -2.48. The highest BCUT2D eigenvalue weighted by Gasteiger charge is 2.25. The van der Waals surface area contributed by atoms with Gasteiger partial charge in [0, 0.05) is 26.2 Å². The Morgan fingerprint density at radius 1 is 1.25 bits per heavy atom. The summed E-state index contributed by atoms with van der Waals surface area (Å²) in [4.78, 5) is 25.1. The summed E-state index contributed by atoms with van der Waals surface area (Å²) in [5, 5.41) is 5.87. The van der Waals surface area contributed by atoms with Gasteiger partial charge in [0.2, 0.25) is 11.8 Å². The number of carbonyl (C=O) groups is 2. The molecule has 0 aliphatic heterocycles. The van der Waals surface area contributed by atoms with E-state index in [9.17, 15) is 9.59 Å². The Labute approximate surface area is 120 Å². The van der Waals surface area contributed by atoms with Crippen LogP contribution in [0.15, 0.2) is 24.3 Å². The smallest absolute Gasteiger partial charge is 0.244 e. The average Bonchev–Trinajstić information content (AvgIpc) is 2.40. The van der Waals surface area contributed by atoms with E-state index in [1.165, 1.54) is 6.92 Å². The van der Waals surface area contributed by atoms with E-state index in [0.717, 1.165) is 11.3 Å². The van der Waals surface area contributed by atoms with Crippen molar-refractivity contribution in [2.75, 3.05) is 19.4 Å². The third kappa shape index (κ3) is 4.06. The topological polar surface area (TPSA) is 61.4 Å². The molecule has 0 aliphatic rings. The Balaban J connectivity index is 2.91. The molecule has 0 atom stereocenters. The van der Waals surface area contributed by atoms with Crippen LogP contribution in [0.5, 0.6) is 0 Å². The lowest BCUT2D eigenvalue weighted by atomic mass is 10.0. The van der Waals surface area contributed by atoms with E-state index >= 15 is 0 Å². The number of para-hydroxylation sites is 1. The van der Waals surface area contributed by atoms with Crippen molar-refractivity contribution in [2.45, 2.75) is 32.9 Å². The number of benzene rings is 1. The molecule has 0 aromatic heterocycles. The number of nitrogens with one attached hydrogen (secondary N) is 2. The summed E-state index contributed by atoms with van der Waals surface area (Å²) < 4.78 is 0. The van der Waals surface area contributed by atoms with Crippen molar-refractivity contribution in [3.63, 3.8) is 0 Å². The zero-order chi connectivity index (χ0) is 15.3. The van der Waals surface area contributed by atoms with Gasteiger partial charge in [0.1, 0.15) is 0 Å². The summed E-state index contributed by atoms with van der Waals surface area (Å²) in [5.41, 5.74) is 0.985. The lowest BCUT2D eigenvalue weighted by Gasteiger charge is -2.24. The maximum absolute atomic E-state index is 12.2. The summed E-state index contributed by atoms with van der Waals surface area (Å²) in [6.45, 7) is 5.61. The molecule has 0 radical (unpaired) electrons. The molecule has 0 aliphatic carbocycles. The van der Waals surface area contributed by atoms with E-state index in [4.69, 9.17) is 0 Å². The molecule has 2 N–H and O–H groups in total. The fourth-order valence-electron chi connectivity index (χ4n) is 1.54. The van der Waals surface area contributed by atoms with Gasteiger partial charge in [-0.15, -0.1) is 0 Å². The number of rotatable bonds is 5. The first kappa shape index (κ1) is 16.2. The van der Waals surface area contributed by atoms with Crippen molar-refractivity contribution in [1.29, 1.82) is 0 Å². The van der Waals surface area contributed by atoms with Gasteiger partial charge in [-0.05, 0) is 32.5 Å².